The third-order valence-corrected chi connectivity index (χ3v) is 4.03. The van der Waals surface area contributed by atoms with Crippen molar-refractivity contribution >= 4 is 23.1 Å². The zero-order valence-corrected chi connectivity index (χ0v) is 14.7. The topological polar surface area (TPSA) is 102 Å². The maximum atomic E-state index is 12.6. The minimum absolute atomic E-state index is 0.0615. The Bertz CT molecular complexity index is 1050. The lowest BCUT2D eigenvalue weighted by molar-refractivity contribution is -0.384. The largest absolute Gasteiger partial charge is 0.461 e. The van der Waals surface area contributed by atoms with Crippen molar-refractivity contribution in [2.24, 2.45) is 0 Å². The molecule has 0 fully saturated rings. The molecule has 1 N–H and O–H groups in total. The number of nitro benzene ring substituents is 1. The lowest BCUT2D eigenvalue weighted by Crippen LogP contribution is -2.12. The van der Waals surface area contributed by atoms with Crippen LogP contribution in [0.5, 0.6) is 0 Å². The molecule has 3 rings (SSSR count). The van der Waals surface area contributed by atoms with Gasteiger partial charge in [0.15, 0.2) is 5.78 Å². The normalized spacial score (nSPS) is 10.4. The molecule has 2 aromatic carbocycles. The summed E-state index contributed by atoms with van der Waals surface area (Å²) in [5.41, 5.74) is 1.74. The van der Waals surface area contributed by atoms with E-state index in [2.05, 4.69) is 5.32 Å². The lowest BCUT2D eigenvalue weighted by atomic mass is 10.1. The van der Waals surface area contributed by atoms with Gasteiger partial charge in [-0.05, 0) is 32.0 Å². The summed E-state index contributed by atoms with van der Waals surface area (Å²) >= 11 is 0. The second-order valence-corrected chi connectivity index (χ2v) is 5.98. The highest BCUT2D eigenvalue weighted by Crippen LogP contribution is 2.28. The molecule has 0 aliphatic carbocycles. The van der Waals surface area contributed by atoms with E-state index >= 15 is 0 Å². The number of hydrogen-bond acceptors (Lipinski definition) is 5. The number of amides is 1. The molecule has 0 saturated carbocycles. The Labute approximate surface area is 154 Å². The second-order valence-electron chi connectivity index (χ2n) is 5.98. The number of anilines is 1. The van der Waals surface area contributed by atoms with Gasteiger partial charge in [-0.15, -0.1) is 0 Å². The van der Waals surface area contributed by atoms with Crippen molar-refractivity contribution in [1.82, 2.24) is 0 Å². The van der Waals surface area contributed by atoms with E-state index < -0.39 is 10.8 Å². The van der Waals surface area contributed by atoms with Crippen LogP contribution in [0.1, 0.15) is 33.4 Å². The number of rotatable bonds is 5. The van der Waals surface area contributed by atoms with E-state index in [1.54, 1.807) is 49.4 Å². The van der Waals surface area contributed by atoms with Crippen molar-refractivity contribution in [1.29, 1.82) is 0 Å². The van der Waals surface area contributed by atoms with Crippen LogP contribution < -0.4 is 5.32 Å². The Morgan fingerprint density at radius 3 is 2.52 bits per heavy atom. The maximum Gasteiger partial charge on any atom is 0.270 e. The number of benzene rings is 2. The van der Waals surface area contributed by atoms with Gasteiger partial charge in [0.25, 0.3) is 11.6 Å². The Balaban J connectivity index is 1.87. The average Bonchev–Trinajstić information content (AvgIpc) is 3.04. The summed E-state index contributed by atoms with van der Waals surface area (Å²) in [6.07, 6.45) is 0. The van der Waals surface area contributed by atoms with Crippen LogP contribution in [0.15, 0.2) is 59.0 Å². The molecule has 0 aliphatic heterocycles. The number of hydrogen-bond donors (Lipinski definition) is 1. The molecule has 1 heterocycles. The summed E-state index contributed by atoms with van der Waals surface area (Å²) in [5.74, 6) is 0.253. The quantitative estimate of drug-likeness (QED) is 0.404. The molecule has 7 nitrogen and oxygen atoms in total. The molecule has 7 heteroatoms. The Morgan fingerprint density at radius 2 is 1.81 bits per heavy atom. The Kier molecular flexibility index (Phi) is 4.85. The predicted octanol–water partition coefficient (Wildman–Crippen LogP) is 4.62. The second kappa shape index (κ2) is 7.25. The minimum Gasteiger partial charge on any atom is -0.461 e. The van der Waals surface area contributed by atoms with Crippen LogP contribution in [-0.2, 0) is 0 Å². The number of Topliss-reactive ketones (excluding diaryl/α,β-unsaturated/α-hetero) is 1. The molecule has 0 saturated heterocycles. The summed E-state index contributed by atoms with van der Waals surface area (Å²) in [7, 11) is 0. The van der Waals surface area contributed by atoms with Crippen molar-refractivity contribution < 1.29 is 18.9 Å². The summed E-state index contributed by atoms with van der Waals surface area (Å²) in [6, 6.07) is 14.2. The first kappa shape index (κ1) is 18.1. The molecular formula is C20H16N2O5. The zero-order chi connectivity index (χ0) is 19.6. The first-order chi connectivity index (χ1) is 12.8. The van der Waals surface area contributed by atoms with Crippen LogP contribution in [-0.4, -0.2) is 16.6 Å². The number of nitro groups is 1. The molecule has 3 aromatic rings. The molecule has 1 aromatic heterocycles. The molecule has 27 heavy (non-hydrogen) atoms. The first-order valence-electron chi connectivity index (χ1n) is 8.13. The first-order valence-corrected chi connectivity index (χ1v) is 8.13. The fourth-order valence-corrected chi connectivity index (χ4v) is 2.64. The lowest BCUT2D eigenvalue weighted by Gasteiger charge is -2.05. The van der Waals surface area contributed by atoms with Crippen LogP contribution in [0.2, 0.25) is 0 Å². The summed E-state index contributed by atoms with van der Waals surface area (Å²) in [6.45, 7) is 3.09. The van der Waals surface area contributed by atoms with Crippen LogP contribution in [0.3, 0.4) is 0 Å². The molecular weight excluding hydrogens is 348 g/mol. The van der Waals surface area contributed by atoms with E-state index in [0.717, 1.165) is 0 Å². The molecule has 0 atom stereocenters. The number of furan rings is 1. The number of nitrogens with zero attached hydrogens (tertiary/aromatic N) is 1. The van der Waals surface area contributed by atoms with Crippen molar-refractivity contribution in [3.63, 3.8) is 0 Å². The van der Waals surface area contributed by atoms with Gasteiger partial charge in [-0.2, -0.15) is 0 Å². The third-order valence-electron chi connectivity index (χ3n) is 4.03. The standard InChI is InChI=1S/C20H16N2O5/c1-12(23)14-5-3-7-16(9-14)21-20(24)18-11-19(27-13(18)2)15-6-4-8-17(10-15)22(25)26/h3-11H,1-2H3,(H,21,24). The molecule has 0 unspecified atom stereocenters. The SMILES string of the molecule is CC(=O)c1cccc(NC(=O)c2cc(-c3cccc([N+](=O)[O-])c3)oc2C)c1. The molecule has 0 spiro atoms. The summed E-state index contributed by atoms with van der Waals surface area (Å²) in [5, 5.41) is 13.7. The van der Waals surface area contributed by atoms with Crippen molar-refractivity contribution in [2.75, 3.05) is 5.32 Å². The maximum absolute atomic E-state index is 12.6. The summed E-state index contributed by atoms with van der Waals surface area (Å²) < 4.78 is 5.62. The van der Waals surface area contributed by atoms with Gasteiger partial charge in [0.05, 0.1) is 10.5 Å². The summed E-state index contributed by atoms with van der Waals surface area (Å²) in [4.78, 5) is 34.5. The number of aryl methyl sites for hydroxylation is 1. The monoisotopic (exact) mass is 364 g/mol. The van der Waals surface area contributed by atoms with Gasteiger partial charge in [-0.25, -0.2) is 0 Å². The van der Waals surface area contributed by atoms with Gasteiger partial charge in [0.2, 0.25) is 0 Å². The number of carbonyl (C=O) groups excluding carboxylic acids is 2. The number of carbonyl (C=O) groups is 2. The highest BCUT2D eigenvalue weighted by Gasteiger charge is 2.18. The van der Waals surface area contributed by atoms with E-state index in [9.17, 15) is 19.7 Å². The van der Waals surface area contributed by atoms with Crippen molar-refractivity contribution in [3.05, 3.63) is 81.6 Å². The number of nitrogens with one attached hydrogen (secondary N) is 1. The predicted molar refractivity (Wildman–Crippen MR) is 99.9 cm³/mol. The number of ketones is 1. The highest BCUT2D eigenvalue weighted by molar-refractivity contribution is 6.06. The van der Waals surface area contributed by atoms with Crippen LogP contribution >= 0.6 is 0 Å². The van der Waals surface area contributed by atoms with E-state index in [-0.39, 0.29) is 11.5 Å². The molecule has 0 radical (unpaired) electrons. The van der Waals surface area contributed by atoms with Gasteiger partial charge in [-0.1, -0.05) is 24.3 Å². The van der Waals surface area contributed by atoms with E-state index in [1.807, 2.05) is 0 Å². The Morgan fingerprint density at radius 1 is 1.07 bits per heavy atom. The molecule has 0 bridgehead atoms. The van der Waals surface area contributed by atoms with Crippen molar-refractivity contribution in [3.8, 4) is 11.3 Å². The molecule has 136 valence electrons. The molecule has 0 aliphatic rings. The van der Waals surface area contributed by atoms with Crippen LogP contribution in [0, 0.1) is 17.0 Å². The fraction of sp³-hybridized carbons (Fsp3) is 0.100. The fourth-order valence-electron chi connectivity index (χ4n) is 2.64. The number of non-ortho nitro benzene ring substituents is 1. The van der Waals surface area contributed by atoms with E-state index in [0.29, 0.717) is 33.9 Å². The van der Waals surface area contributed by atoms with E-state index in [4.69, 9.17) is 4.42 Å². The Hall–Kier alpha value is -3.74. The van der Waals surface area contributed by atoms with Gasteiger partial charge in [0.1, 0.15) is 11.5 Å². The van der Waals surface area contributed by atoms with Gasteiger partial charge < -0.3 is 9.73 Å². The van der Waals surface area contributed by atoms with Gasteiger partial charge in [0, 0.05) is 28.9 Å². The zero-order valence-electron chi connectivity index (χ0n) is 14.7. The average molecular weight is 364 g/mol. The van der Waals surface area contributed by atoms with E-state index in [1.165, 1.54) is 19.1 Å². The van der Waals surface area contributed by atoms with Gasteiger partial charge >= 0.3 is 0 Å². The van der Waals surface area contributed by atoms with Crippen LogP contribution in [0.4, 0.5) is 11.4 Å². The van der Waals surface area contributed by atoms with Crippen LogP contribution in [0.25, 0.3) is 11.3 Å². The highest BCUT2D eigenvalue weighted by atomic mass is 16.6. The smallest absolute Gasteiger partial charge is 0.270 e. The third kappa shape index (κ3) is 3.92. The molecule has 1 amide bonds. The van der Waals surface area contributed by atoms with Gasteiger partial charge in [-0.3, -0.25) is 19.7 Å². The minimum atomic E-state index is -0.491. The van der Waals surface area contributed by atoms with Crippen molar-refractivity contribution in [2.45, 2.75) is 13.8 Å².